The van der Waals surface area contributed by atoms with Crippen LogP contribution in [0.2, 0.25) is 0 Å². The van der Waals surface area contributed by atoms with Crippen molar-refractivity contribution in [3.05, 3.63) is 96.0 Å². The van der Waals surface area contributed by atoms with Gasteiger partial charge in [-0.1, -0.05) is 57.6 Å². The molecule has 3 aromatic rings. The molecular formula is C23H19Cl2NPZr. The van der Waals surface area contributed by atoms with Crippen LogP contribution in [0.4, 0.5) is 0 Å². The average Bonchev–Trinajstić information content (AvgIpc) is 3.36. The normalized spacial score (nSPS) is 13.5. The third-order valence-electron chi connectivity index (χ3n) is 4.35. The summed E-state index contributed by atoms with van der Waals surface area (Å²) in [6, 6.07) is 18.7. The Morgan fingerprint density at radius 3 is 2.50 bits per heavy atom. The van der Waals surface area contributed by atoms with Gasteiger partial charge in [0.2, 0.25) is 0 Å². The van der Waals surface area contributed by atoms with E-state index in [9.17, 15) is 0 Å². The van der Waals surface area contributed by atoms with Crippen molar-refractivity contribution in [1.29, 1.82) is 0 Å². The van der Waals surface area contributed by atoms with E-state index in [1.807, 2.05) is 24.4 Å². The molecule has 1 aliphatic heterocycles. The zero-order valence-electron chi connectivity index (χ0n) is 15.4. The minimum Gasteiger partial charge on any atom is -1.00 e. The predicted molar refractivity (Wildman–Crippen MR) is 110 cm³/mol. The Balaban J connectivity index is 0.000000269. The van der Waals surface area contributed by atoms with Crippen LogP contribution in [0.15, 0.2) is 96.0 Å². The number of fused-ring (bicyclic) bond motifs is 2. The molecule has 139 valence electrons. The van der Waals surface area contributed by atoms with Gasteiger partial charge in [-0.2, -0.15) is 0 Å². The van der Waals surface area contributed by atoms with Gasteiger partial charge in [-0.15, -0.1) is 34.5 Å². The number of allylic oxidation sites excluding steroid dienone is 6. The van der Waals surface area contributed by atoms with Crippen molar-refractivity contribution in [1.82, 2.24) is 4.98 Å². The van der Waals surface area contributed by atoms with E-state index in [1.165, 1.54) is 41.8 Å². The molecule has 1 nitrogen and oxygen atoms in total. The van der Waals surface area contributed by atoms with Gasteiger partial charge in [0.1, 0.15) is 0 Å². The fourth-order valence-corrected chi connectivity index (χ4v) is 4.13. The minimum atomic E-state index is 0. The van der Waals surface area contributed by atoms with Gasteiger partial charge in [-0.25, -0.2) is 0 Å². The monoisotopic (exact) mass is 500 g/mol. The van der Waals surface area contributed by atoms with Crippen molar-refractivity contribution in [2.45, 2.75) is 13.3 Å². The van der Waals surface area contributed by atoms with E-state index in [0.29, 0.717) is 0 Å². The van der Waals surface area contributed by atoms with Gasteiger partial charge in [0.15, 0.2) is 0 Å². The van der Waals surface area contributed by atoms with Gasteiger partial charge in [-0.05, 0) is 35.5 Å². The number of hydrogen-bond acceptors (Lipinski definition) is 1. The summed E-state index contributed by atoms with van der Waals surface area (Å²) in [6.07, 6.45) is 11.8. The standard InChI is InChI=1S/C14H10N.C9H9P.2ClH.Zr/c1-2-6-12-10-13(9-11(12)5-1)14-7-3-4-8-15-14;1-2-8-6-7-4-3-5-9(7)10-8;;;/h1-10H;3-6H,2H2,1H3;2*1H;/q-1;;;;+3/p-2. The Kier molecular flexibility index (Phi) is 10.4. The maximum Gasteiger partial charge on any atom is 3.00 e. The molecule has 0 spiro atoms. The van der Waals surface area contributed by atoms with Crippen LogP contribution in [0, 0.1) is 0 Å². The summed E-state index contributed by atoms with van der Waals surface area (Å²) in [5.74, 6) is 0. The van der Waals surface area contributed by atoms with E-state index in [2.05, 4.69) is 72.6 Å². The van der Waals surface area contributed by atoms with Gasteiger partial charge in [0.25, 0.3) is 0 Å². The predicted octanol–water partition coefficient (Wildman–Crippen LogP) is 0.535. The first-order valence-electron chi connectivity index (χ1n) is 8.58. The van der Waals surface area contributed by atoms with Crippen molar-refractivity contribution in [3.63, 3.8) is 0 Å². The first-order chi connectivity index (χ1) is 12.3. The van der Waals surface area contributed by atoms with Gasteiger partial charge in [-0.3, -0.25) is 4.98 Å². The van der Waals surface area contributed by atoms with Gasteiger partial charge in [0.05, 0.1) is 0 Å². The van der Waals surface area contributed by atoms with E-state index in [1.54, 1.807) is 5.29 Å². The molecular weight excluding hydrogens is 483 g/mol. The molecule has 0 unspecified atom stereocenters. The maximum atomic E-state index is 4.34. The van der Waals surface area contributed by atoms with E-state index in [0.717, 1.165) is 5.69 Å². The van der Waals surface area contributed by atoms with E-state index >= 15 is 0 Å². The van der Waals surface area contributed by atoms with Crippen LogP contribution in [-0.2, 0) is 26.2 Å². The Morgan fingerprint density at radius 2 is 1.82 bits per heavy atom. The molecule has 0 saturated heterocycles. The average molecular weight is 503 g/mol. The summed E-state index contributed by atoms with van der Waals surface area (Å²) in [5, 5.41) is 5.58. The first-order valence-corrected chi connectivity index (χ1v) is 9.48. The summed E-state index contributed by atoms with van der Waals surface area (Å²) in [4.78, 5) is 4.34. The molecule has 5 heteroatoms. The van der Waals surface area contributed by atoms with Crippen LogP contribution in [0.5, 0.6) is 0 Å². The van der Waals surface area contributed by atoms with E-state index < -0.39 is 0 Å². The largest absolute Gasteiger partial charge is 3.00 e. The molecule has 0 amide bonds. The second kappa shape index (κ2) is 11.7. The Bertz CT molecular complexity index is 1000. The third-order valence-corrected chi connectivity index (χ3v) is 5.73. The van der Waals surface area contributed by atoms with Crippen molar-refractivity contribution in [2.75, 3.05) is 0 Å². The zero-order valence-corrected chi connectivity index (χ0v) is 20.3. The maximum absolute atomic E-state index is 4.34. The van der Waals surface area contributed by atoms with E-state index in [4.69, 9.17) is 0 Å². The van der Waals surface area contributed by atoms with Crippen LogP contribution >= 0.6 is 8.20 Å². The molecule has 1 aromatic heterocycles. The minimum absolute atomic E-state index is 0. The SMILES string of the molecule is CCC1=PC2=CC=CC2=C1.[Cl-].[Cl-].[Zr+3].c1ccc(-c2cc3ccccc3[cH-]2)nc1. The number of nitrogens with zero attached hydrogens (tertiary/aromatic N) is 1. The molecule has 28 heavy (non-hydrogen) atoms. The van der Waals surface area contributed by atoms with Crippen LogP contribution in [0.25, 0.3) is 22.0 Å². The summed E-state index contributed by atoms with van der Waals surface area (Å²) in [6.45, 7) is 2.21. The molecule has 0 atom stereocenters. The molecule has 0 bridgehead atoms. The van der Waals surface area contributed by atoms with E-state index in [-0.39, 0.29) is 51.0 Å². The van der Waals surface area contributed by atoms with Gasteiger partial charge in [0, 0.05) is 17.2 Å². The molecule has 5 rings (SSSR count). The van der Waals surface area contributed by atoms with Crippen molar-refractivity contribution in [3.8, 4) is 11.3 Å². The van der Waals surface area contributed by atoms with Gasteiger partial charge >= 0.3 is 26.2 Å². The topological polar surface area (TPSA) is 12.9 Å². The fourth-order valence-electron chi connectivity index (χ4n) is 3.03. The van der Waals surface area contributed by atoms with Crippen LogP contribution in [0.3, 0.4) is 0 Å². The van der Waals surface area contributed by atoms with Crippen LogP contribution < -0.4 is 24.8 Å². The fraction of sp³-hybridized carbons (Fsp3) is 0.0870. The Morgan fingerprint density at radius 1 is 1.04 bits per heavy atom. The van der Waals surface area contributed by atoms with Gasteiger partial charge < -0.3 is 24.8 Å². The second-order valence-electron chi connectivity index (χ2n) is 6.06. The molecule has 1 radical (unpaired) electrons. The molecule has 1 aliphatic carbocycles. The van der Waals surface area contributed by atoms with Crippen molar-refractivity contribution >= 4 is 24.3 Å². The summed E-state index contributed by atoms with van der Waals surface area (Å²) < 4.78 is 0. The Labute approximate surface area is 199 Å². The first kappa shape index (κ1) is 24.9. The molecule has 0 fully saturated rings. The smallest absolute Gasteiger partial charge is 1.00 e. The number of pyridine rings is 1. The molecule has 0 saturated carbocycles. The van der Waals surface area contributed by atoms with Crippen molar-refractivity contribution in [2.24, 2.45) is 0 Å². The van der Waals surface area contributed by atoms with Crippen LogP contribution in [0.1, 0.15) is 13.3 Å². The number of halogens is 2. The summed E-state index contributed by atoms with van der Waals surface area (Å²) >= 11 is 0. The quantitative estimate of drug-likeness (QED) is 0.368. The zero-order chi connectivity index (χ0) is 17.1. The Hall–Kier alpha value is -1.17. The summed E-state index contributed by atoms with van der Waals surface area (Å²) in [5.41, 5.74) is 3.66. The van der Waals surface area contributed by atoms with Crippen LogP contribution in [-0.4, -0.2) is 10.3 Å². The van der Waals surface area contributed by atoms with Crippen molar-refractivity contribution < 1.29 is 51.0 Å². The second-order valence-corrected chi connectivity index (χ2v) is 7.34. The molecule has 2 aliphatic rings. The number of rotatable bonds is 2. The summed E-state index contributed by atoms with van der Waals surface area (Å²) in [7, 11) is 1.43. The number of benzene rings is 1. The molecule has 0 N–H and O–H groups in total. The molecule has 2 heterocycles. The number of hydrogen-bond donors (Lipinski definition) is 0. The third kappa shape index (κ3) is 5.68. The molecule has 2 aromatic carbocycles. The number of aromatic nitrogens is 1.